The first-order chi connectivity index (χ1) is 6.34. The standard InChI is InChI=1S/C7H5F5N2/c8-3-1-14-2-4(9)5(3)6(13)7(10,11)12/h1-2,6H,13H2/t6-/m0/s1. The Morgan fingerprint density at radius 3 is 1.93 bits per heavy atom. The summed E-state index contributed by atoms with van der Waals surface area (Å²) in [5, 5.41) is 0. The predicted octanol–water partition coefficient (Wildman–Crippen LogP) is 1.92. The van der Waals surface area contributed by atoms with Gasteiger partial charge in [0.15, 0.2) is 0 Å². The largest absolute Gasteiger partial charge is 0.407 e. The van der Waals surface area contributed by atoms with Crippen molar-refractivity contribution in [2.24, 2.45) is 5.73 Å². The molecule has 1 rings (SSSR count). The predicted molar refractivity (Wildman–Crippen MR) is 37.1 cm³/mol. The topological polar surface area (TPSA) is 38.9 Å². The SMILES string of the molecule is N[C@@H](c1c(F)cncc1F)C(F)(F)F. The molecule has 0 aliphatic rings. The minimum Gasteiger partial charge on any atom is -0.316 e. The van der Waals surface area contributed by atoms with Crippen molar-refractivity contribution in [1.82, 2.24) is 4.98 Å². The minimum absolute atomic E-state index is 0.476. The maximum atomic E-state index is 12.7. The first-order valence-electron chi connectivity index (χ1n) is 3.45. The lowest BCUT2D eigenvalue weighted by Gasteiger charge is -2.16. The van der Waals surface area contributed by atoms with Gasteiger partial charge in [-0.1, -0.05) is 0 Å². The fourth-order valence-corrected chi connectivity index (χ4v) is 0.882. The van der Waals surface area contributed by atoms with E-state index >= 15 is 0 Å². The zero-order chi connectivity index (χ0) is 10.9. The van der Waals surface area contributed by atoms with Crippen molar-refractivity contribution in [2.75, 3.05) is 0 Å². The molecule has 0 bridgehead atoms. The second-order valence-electron chi connectivity index (χ2n) is 2.54. The Balaban J connectivity index is 3.19. The van der Waals surface area contributed by atoms with E-state index in [1.807, 2.05) is 0 Å². The van der Waals surface area contributed by atoms with Crippen LogP contribution in [-0.2, 0) is 0 Å². The van der Waals surface area contributed by atoms with Crippen molar-refractivity contribution in [2.45, 2.75) is 12.2 Å². The summed E-state index contributed by atoms with van der Waals surface area (Å²) < 4.78 is 61.5. The van der Waals surface area contributed by atoms with Crippen molar-refractivity contribution in [1.29, 1.82) is 0 Å². The van der Waals surface area contributed by atoms with Gasteiger partial charge in [-0.05, 0) is 0 Å². The van der Waals surface area contributed by atoms with Gasteiger partial charge in [0.1, 0.15) is 17.7 Å². The molecule has 0 spiro atoms. The normalized spacial score (nSPS) is 14.1. The number of alkyl halides is 3. The molecule has 0 unspecified atom stereocenters. The monoisotopic (exact) mass is 212 g/mol. The van der Waals surface area contributed by atoms with Gasteiger partial charge in [0, 0.05) is 0 Å². The van der Waals surface area contributed by atoms with E-state index in [4.69, 9.17) is 0 Å². The molecule has 7 heteroatoms. The van der Waals surface area contributed by atoms with Crippen molar-refractivity contribution in [3.63, 3.8) is 0 Å². The molecule has 1 aromatic heterocycles. The van der Waals surface area contributed by atoms with Crippen LogP contribution in [0.3, 0.4) is 0 Å². The van der Waals surface area contributed by atoms with Gasteiger partial charge in [-0.25, -0.2) is 8.78 Å². The Morgan fingerprint density at radius 2 is 1.57 bits per heavy atom. The lowest BCUT2D eigenvalue weighted by atomic mass is 10.1. The molecule has 1 aromatic rings. The summed E-state index contributed by atoms with van der Waals surface area (Å²) >= 11 is 0. The van der Waals surface area contributed by atoms with Crippen LogP contribution in [0.25, 0.3) is 0 Å². The Hall–Kier alpha value is -1.24. The molecule has 0 amide bonds. The quantitative estimate of drug-likeness (QED) is 0.722. The molecule has 78 valence electrons. The number of aromatic nitrogens is 1. The molecule has 0 saturated heterocycles. The van der Waals surface area contributed by atoms with Crippen LogP contribution in [0.15, 0.2) is 12.4 Å². The summed E-state index contributed by atoms with van der Waals surface area (Å²) in [5.74, 6) is -2.82. The molecule has 0 saturated carbocycles. The van der Waals surface area contributed by atoms with Gasteiger partial charge in [-0.2, -0.15) is 13.2 Å². The third kappa shape index (κ3) is 1.98. The Labute approximate surface area is 75.5 Å². The van der Waals surface area contributed by atoms with Gasteiger partial charge in [0.25, 0.3) is 0 Å². The van der Waals surface area contributed by atoms with Crippen LogP contribution in [0.4, 0.5) is 22.0 Å². The highest BCUT2D eigenvalue weighted by Gasteiger charge is 2.41. The highest BCUT2D eigenvalue weighted by Crippen LogP contribution is 2.32. The lowest BCUT2D eigenvalue weighted by Crippen LogP contribution is -2.30. The molecule has 2 N–H and O–H groups in total. The summed E-state index contributed by atoms with van der Waals surface area (Å²) in [7, 11) is 0. The fraction of sp³-hybridized carbons (Fsp3) is 0.286. The number of pyridine rings is 1. The van der Waals surface area contributed by atoms with Crippen LogP contribution in [0.2, 0.25) is 0 Å². The van der Waals surface area contributed by atoms with Gasteiger partial charge in [0.05, 0.1) is 18.0 Å². The van der Waals surface area contributed by atoms with Gasteiger partial charge in [-0.3, -0.25) is 4.98 Å². The van der Waals surface area contributed by atoms with Gasteiger partial charge in [-0.15, -0.1) is 0 Å². The van der Waals surface area contributed by atoms with E-state index in [0.29, 0.717) is 12.4 Å². The van der Waals surface area contributed by atoms with E-state index in [0.717, 1.165) is 0 Å². The molecule has 0 fully saturated rings. The second-order valence-corrected chi connectivity index (χ2v) is 2.54. The van der Waals surface area contributed by atoms with Crippen LogP contribution in [0, 0.1) is 11.6 Å². The first kappa shape index (κ1) is 10.8. The number of hydrogen-bond donors (Lipinski definition) is 1. The van der Waals surface area contributed by atoms with Gasteiger partial charge in [0.2, 0.25) is 0 Å². The summed E-state index contributed by atoms with van der Waals surface area (Å²) in [6.07, 6.45) is -3.93. The summed E-state index contributed by atoms with van der Waals surface area (Å²) in [5.41, 5.74) is 3.43. The Morgan fingerprint density at radius 1 is 1.14 bits per heavy atom. The van der Waals surface area contributed by atoms with Crippen LogP contribution in [0.5, 0.6) is 0 Å². The molecule has 14 heavy (non-hydrogen) atoms. The van der Waals surface area contributed by atoms with E-state index in [-0.39, 0.29) is 0 Å². The van der Waals surface area contributed by atoms with E-state index in [1.54, 1.807) is 0 Å². The fourth-order valence-electron chi connectivity index (χ4n) is 0.882. The highest BCUT2D eigenvalue weighted by molar-refractivity contribution is 5.20. The maximum absolute atomic E-state index is 12.7. The van der Waals surface area contributed by atoms with Crippen molar-refractivity contribution >= 4 is 0 Å². The maximum Gasteiger partial charge on any atom is 0.407 e. The first-order valence-corrected chi connectivity index (χ1v) is 3.45. The van der Waals surface area contributed by atoms with Crippen molar-refractivity contribution < 1.29 is 22.0 Å². The summed E-state index contributed by atoms with van der Waals surface area (Å²) in [6, 6.07) is -2.68. The Kier molecular flexibility index (Phi) is 2.70. The molecule has 0 radical (unpaired) electrons. The molecule has 1 atom stereocenters. The highest BCUT2D eigenvalue weighted by atomic mass is 19.4. The second kappa shape index (κ2) is 3.49. The zero-order valence-electron chi connectivity index (χ0n) is 6.65. The van der Waals surface area contributed by atoms with Crippen molar-refractivity contribution in [3.8, 4) is 0 Å². The number of nitrogens with two attached hydrogens (primary N) is 1. The molecule has 2 nitrogen and oxygen atoms in total. The average molecular weight is 212 g/mol. The molecular formula is C7H5F5N2. The zero-order valence-corrected chi connectivity index (χ0v) is 6.65. The van der Waals surface area contributed by atoms with Gasteiger partial charge < -0.3 is 5.73 Å². The third-order valence-corrected chi connectivity index (χ3v) is 1.55. The molecule has 0 aromatic carbocycles. The number of halogens is 5. The smallest absolute Gasteiger partial charge is 0.316 e. The van der Waals surface area contributed by atoms with Crippen LogP contribution >= 0.6 is 0 Å². The van der Waals surface area contributed by atoms with Crippen LogP contribution < -0.4 is 5.73 Å². The average Bonchev–Trinajstić information content (AvgIpc) is 2.01. The molecule has 0 aliphatic heterocycles. The summed E-state index contributed by atoms with van der Waals surface area (Å²) in [4.78, 5) is 3.04. The molecular weight excluding hydrogens is 207 g/mol. The van der Waals surface area contributed by atoms with E-state index < -0.39 is 29.4 Å². The number of hydrogen-bond acceptors (Lipinski definition) is 2. The van der Waals surface area contributed by atoms with Gasteiger partial charge >= 0.3 is 6.18 Å². The van der Waals surface area contributed by atoms with E-state index in [1.165, 1.54) is 0 Å². The number of nitrogens with zero attached hydrogens (tertiary/aromatic N) is 1. The van der Waals surface area contributed by atoms with E-state index in [9.17, 15) is 22.0 Å². The lowest BCUT2D eigenvalue weighted by molar-refractivity contribution is -0.150. The van der Waals surface area contributed by atoms with Crippen LogP contribution in [0.1, 0.15) is 11.6 Å². The molecule has 1 heterocycles. The molecule has 0 aliphatic carbocycles. The van der Waals surface area contributed by atoms with E-state index in [2.05, 4.69) is 10.7 Å². The third-order valence-electron chi connectivity index (χ3n) is 1.55. The Bertz CT molecular complexity index is 315. The summed E-state index contributed by atoms with van der Waals surface area (Å²) in [6.45, 7) is 0. The minimum atomic E-state index is -4.89. The van der Waals surface area contributed by atoms with Crippen molar-refractivity contribution in [3.05, 3.63) is 29.6 Å². The number of rotatable bonds is 1. The van der Waals surface area contributed by atoms with Crippen LogP contribution in [-0.4, -0.2) is 11.2 Å².